The standard InChI is InChI=1S/C2H3ClNO2/c1-4(3)2(5)6/h1H3. The molecule has 0 aliphatic carbocycles. The third kappa shape index (κ3) is 1.84. The minimum Gasteiger partial charge on any atom is -0.220 e. The largest absolute Gasteiger partial charge is 0.467 e. The van der Waals surface area contributed by atoms with Gasteiger partial charge in [0.2, 0.25) is 0 Å². The van der Waals surface area contributed by atoms with Crippen LogP contribution in [0.15, 0.2) is 0 Å². The molecule has 4 heteroatoms. The molecule has 0 saturated heterocycles. The Hall–Kier alpha value is -0.440. The molecule has 1 radical (unpaired) electrons. The molecule has 0 aromatic rings. The monoisotopic (exact) mass is 108 g/mol. The SMILES string of the molecule is CN(Cl)C([O])=O. The maximum absolute atomic E-state index is 9.38. The second kappa shape index (κ2) is 1.87. The van der Waals surface area contributed by atoms with Crippen LogP contribution in [0.5, 0.6) is 0 Å². The summed E-state index contributed by atoms with van der Waals surface area (Å²) in [7, 11) is 1.18. The first-order valence-corrected chi connectivity index (χ1v) is 1.59. The molecule has 0 saturated carbocycles. The van der Waals surface area contributed by atoms with E-state index in [9.17, 15) is 9.90 Å². The second-order valence-corrected chi connectivity index (χ2v) is 1.25. The summed E-state index contributed by atoms with van der Waals surface area (Å²) in [6.45, 7) is 0. The van der Waals surface area contributed by atoms with Crippen molar-refractivity contribution in [1.82, 2.24) is 4.42 Å². The van der Waals surface area contributed by atoms with Crippen LogP contribution in [0.3, 0.4) is 0 Å². The van der Waals surface area contributed by atoms with Crippen LogP contribution in [0.2, 0.25) is 0 Å². The van der Waals surface area contributed by atoms with Gasteiger partial charge in [0.15, 0.2) is 0 Å². The van der Waals surface area contributed by atoms with E-state index in [2.05, 4.69) is 0 Å². The number of carbonyl (C=O) groups excluding carboxylic acids is 1. The highest BCUT2D eigenvalue weighted by Crippen LogP contribution is 1.84. The van der Waals surface area contributed by atoms with Crippen LogP contribution < -0.4 is 0 Å². The van der Waals surface area contributed by atoms with Crippen LogP contribution in [-0.2, 0) is 5.11 Å². The molecule has 0 bridgehead atoms. The summed E-state index contributed by atoms with van der Waals surface area (Å²) in [4.78, 5) is 9.38. The molecule has 1 amide bonds. The van der Waals surface area contributed by atoms with Gasteiger partial charge in [0, 0.05) is 18.8 Å². The van der Waals surface area contributed by atoms with Crippen molar-refractivity contribution in [2.24, 2.45) is 0 Å². The van der Waals surface area contributed by atoms with Gasteiger partial charge in [-0.3, -0.25) is 0 Å². The highest BCUT2D eigenvalue weighted by atomic mass is 35.5. The minimum atomic E-state index is -1.39. The molecule has 0 aliphatic rings. The first-order valence-electron chi connectivity index (χ1n) is 1.25. The van der Waals surface area contributed by atoms with E-state index < -0.39 is 6.09 Å². The topological polar surface area (TPSA) is 40.2 Å². The predicted octanol–water partition coefficient (Wildman–Crippen LogP) is 0.623. The molecule has 0 fully saturated rings. The molecule has 0 spiro atoms. The van der Waals surface area contributed by atoms with E-state index in [1.807, 2.05) is 0 Å². The Morgan fingerprint density at radius 2 is 2.00 bits per heavy atom. The fourth-order valence-electron chi connectivity index (χ4n) is 0. The molecule has 0 N–H and O–H groups in total. The normalized spacial score (nSPS) is 7.67. The van der Waals surface area contributed by atoms with E-state index in [1.54, 1.807) is 0 Å². The van der Waals surface area contributed by atoms with Crippen molar-refractivity contribution in [2.75, 3.05) is 7.05 Å². The van der Waals surface area contributed by atoms with Crippen LogP contribution in [0, 0.1) is 0 Å². The summed E-state index contributed by atoms with van der Waals surface area (Å²) < 4.78 is 0.444. The molecular weight excluding hydrogens is 105 g/mol. The Labute approximate surface area is 40.2 Å². The lowest BCUT2D eigenvalue weighted by Gasteiger charge is -1.92. The zero-order valence-electron chi connectivity index (χ0n) is 3.14. The van der Waals surface area contributed by atoms with Crippen LogP contribution >= 0.6 is 11.8 Å². The molecular formula is C2H3ClNO2. The Morgan fingerprint density at radius 3 is 2.00 bits per heavy atom. The molecule has 0 aromatic carbocycles. The van der Waals surface area contributed by atoms with Crippen molar-refractivity contribution in [3.63, 3.8) is 0 Å². The minimum absolute atomic E-state index is 0.444. The number of hydrogen-bond donors (Lipinski definition) is 0. The third-order valence-electron chi connectivity index (χ3n) is 0.252. The number of hydrogen-bond acceptors (Lipinski definition) is 1. The van der Waals surface area contributed by atoms with E-state index in [1.165, 1.54) is 7.05 Å². The molecule has 35 valence electrons. The third-order valence-corrected chi connectivity index (χ3v) is 0.390. The molecule has 6 heavy (non-hydrogen) atoms. The van der Waals surface area contributed by atoms with Crippen LogP contribution in [0.1, 0.15) is 0 Å². The van der Waals surface area contributed by atoms with Crippen LogP contribution in [0.25, 0.3) is 0 Å². The molecule has 0 aliphatic heterocycles. The number of rotatable bonds is 0. The number of amides is 1. The molecule has 0 aromatic heterocycles. The highest BCUT2D eigenvalue weighted by Gasteiger charge is 1.99. The van der Waals surface area contributed by atoms with Crippen LogP contribution in [-0.4, -0.2) is 17.6 Å². The summed E-state index contributed by atoms with van der Waals surface area (Å²) >= 11 is 4.78. The van der Waals surface area contributed by atoms with Crippen molar-refractivity contribution in [3.05, 3.63) is 0 Å². The zero-order chi connectivity index (χ0) is 5.15. The maximum Gasteiger partial charge on any atom is 0.467 e. The van der Waals surface area contributed by atoms with Gasteiger partial charge in [-0.25, -0.2) is 14.3 Å². The number of nitrogens with zero attached hydrogens (tertiary/aromatic N) is 1. The fourth-order valence-corrected chi connectivity index (χ4v) is 0. The molecule has 0 rings (SSSR count). The van der Waals surface area contributed by atoms with Gasteiger partial charge < -0.3 is 0 Å². The lowest BCUT2D eigenvalue weighted by molar-refractivity contribution is 0.152. The average molecular weight is 109 g/mol. The summed E-state index contributed by atoms with van der Waals surface area (Å²) in [5, 5.41) is 9.38. The number of carbonyl (C=O) groups is 1. The summed E-state index contributed by atoms with van der Waals surface area (Å²) in [6, 6.07) is 0. The van der Waals surface area contributed by atoms with Crippen LogP contribution in [0.4, 0.5) is 4.79 Å². The van der Waals surface area contributed by atoms with Crippen molar-refractivity contribution >= 4 is 17.9 Å². The van der Waals surface area contributed by atoms with E-state index >= 15 is 0 Å². The Morgan fingerprint density at radius 1 is 1.83 bits per heavy atom. The van der Waals surface area contributed by atoms with Gasteiger partial charge >= 0.3 is 6.09 Å². The van der Waals surface area contributed by atoms with Gasteiger partial charge in [-0.05, 0) is 0 Å². The first-order chi connectivity index (χ1) is 2.64. The average Bonchev–Trinajstić information content (AvgIpc) is 1.36. The quantitative estimate of drug-likeness (QED) is 0.420. The van der Waals surface area contributed by atoms with Crippen molar-refractivity contribution in [3.8, 4) is 0 Å². The van der Waals surface area contributed by atoms with E-state index in [-0.39, 0.29) is 0 Å². The summed E-state index contributed by atoms with van der Waals surface area (Å²) in [5.41, 5.74) is 0. The second-order valence-electron chi connectivity index (χ2n) is 0.743. The van der Waals surface area contributed by atoms with E-state index in [0.717, 1.165) is 0 Å². The highest BCUT2D eigenvalue weighted by molar-refractivity contribution is 6.19. The predicted molar refractivity (Wildman–Crippen MR) is 19.7 cm³/mol. The maximum atomic E-state index is 9.38. The van der Waals surface area contributed by atoms with Gasteiger partial charge in [-0.15, -0.1) is 0 Å². The van der Waals surface area contributed by atoms with Gasteiger partial charge in [-0.2, -0.15) is 0 Å². The van der Waals surface area contributed by atoms with Crippen molar-refractivity contribution in [2.45, 2.75) is 0 Å². The van der Waals surface area contributed by atoms with Crippen molar-refractivity contribution < 1.29 is 9.90 Å². The van der Waals surface area contributed by atoms with E-state index in [0.29, 0.717) is 4.42 Å². The Bertz CT molecular complexity index is 62.6. The smallest absolute Gasteiger partial charge is 0.220 e. The van der Waals surface area contributed by atoms with Gasteiger partial charge in [0.05, 0.1) is 0 Å². The van der Waals surface area contributed by atoms with Crippen molar-refractivity contribution in [1.29, 1.82) is 0 Å². The number of halogens is 1. The lowest BCUT2D eigenvalue weighted by Crippen LogP contribution is -2.10. The van der Waals surface area contributed by atoms with Gasteiger partial charge in [-0.1, -0.05) is 0 Å². The Kier molecular flexibility index (Phi) is 1.73. The zero-order valence-corrected chi connectivity index (χ0v) is 3.90. The molecule has 3 nitrogen and oxygen atoms in total. The lowest BCUT2D eigenvalue weighted by atomic mass is 11.1. The molecule has 0 heterocycles. The van der Waals surface area contributed by atoms with E-state index in [4.69, 9.17) is 11.8 Å². The first kappa shape index (κ1) is 5.56. The fraction of sp³-hybridized carbons (Fsp3) is 0.500. The summed E-state index contributed by atoms with van der Waals surface area (Å²) in [5.74, 6) is 0. The van der Waals surface area contributed by atoms with Gasteiger partial charge in [0.1, 0.15) is 0 Å². The summed E-state index contributed by atoms with van der Waals surface area (Å²) in [6.07, 6.45) is -1.39. The van der Waals surface area contributed by atoms with Gasteiger partial charge in [0.25, 0.3) is 0 Å². The Balaban J connectivity index is 3.26. The molecule has 0 atom stereocenters. The molecule has 0 unspecified atom stereocenters.